The molecule has 0 fully saturated rings. The number of thioether (sulfide) groups is 1. The monoisotopic (exact) mass is 304 g/mol. The van der Waals surface area contributed by atoms with Crippen LogP contribution in [0.25, 0.3) is 0 Å². The highest BCUT2D eigenvalue weighted by molar-refractivity contribution is 8.02. The highest BCUT2D eigenvalue weighted by Gasteiger charge is 2.19. The summed E-state index contributed by atoms with van der Waals surface area (Å²) in [7, 11) is 0. The second-order valence-corrected chi connectivity index (χ2v) is 7.39. The van der Waals surface area contributed by atoms with Crippen LogP contribution < -0.4 is 0 Å². The largest absolute Gasteiger partial charge is 0.292 e. The minimum absolute atomic E-state index is 0.0831. The zero-order valence-electron chi connectivity index (χ0n) is 9.14. The standard InChI is InChI=1S/C10H9ClN2OS3/c1-5(15-10-12-6(2)13-17-10)9(14)7-3-4-8(11)16-7/h3-5H,1-2H3. The molecule has 2 rings (SSSR count). The first-order valence-corrected chi connectivity index (χ1v) is 7.67. The maximum atomic E-state index is 12.1. The Morgan fingerprint density at radius 2 is 2.29 bits per heavy atom. The summed E-state index contributed by atoms with van der Waals surface area (Å²) in [5, 5.41) is -0.169. The molecular weight excluding hydrogens is 296 g/mol. The lowest BCUT2D eigenvalue weighted by Crippen LogP contribution is -2.11. The van der Waals surface area contributed by atoms with E-state index in [0.717, 1.165) is 10.2 Å². The summed E-state index contributed by atoms with van der Waals surface area (Å²) in [5.41, 5.74) is 0. The second kappa shape index (κ2) is 5.48. The molecule has 0 aliphatic carbocycles. The number of aromatic nitrogens is 2. The molecule has 0 amide bonds. The zero-order valence-corrected chi connectivity index (χ0v) is 12.3. The molecule has 0 radical (unpaired) electrons. The number of Topliss-reactive ketones (excluding diaryl/α,β-unsaturated/α-hetero) is 1. The molecule has 17 heavy (non-hydrogen) atoms. The van der Waals surface area contributed by atoms with Crippen molar-refractivity contribution >= 4 is 52.0 Å². The van der Waals surface area contributed by atoms with Gasteiger partial charge in [0, 0.05) is 0 Å². The number of hydrogen-bond acceptors (Lipinski definition) is 6. The summed E-state index contributed by atoms with van der Waals surface area (Å²) in [6.07, 6.45) is 0. The molecule has 7 heteroatoms. The summed E-state index contributed by atoms with van der Waals surface area (Å²) in [6, 6.07) is 3.50. The van der Waals surface area contributed by atoms with Gasteiger partial charge in [0.15, 0.2) is 10.1 Å². The Morgan fingerprint density at radius 3 is 2.82 bits per heavy atom. The number of ketones is 1. The van der Waals surface area contributed by atoms with Crippen molar-refractivity contribution in [3.63, 3.8) is 0 Å². The van der Waals surface area contributed by atoms with E-state index in [1.807, 2.05) is 13.8 Å². The number of aryl methyl sites for hydroxylation is 1. The molecule has 0 aliphatic rings. The van der Waals surface area contributed by atoms with Crippen molar-refractivity contribution < 1.29 is 4.79 Å². The van der Waals surface area contributed by atoms with Crippen LogP contribution in [0.5, 0.6) is 0 Å². The fourth-order valence-corrected chi connectivity index (χ4v) is 4.19. The van der Waals surface area contributed by atoms with Crippen molar-refractivity contribution in [1.29, 1.82) is 0 Å². The van der Waals surface area contributed by atoms with E-state index in [-0.39, 0.29) is 11.0 Å². The van der Waals surface area contributed by atoms with E-state index < -0.39 is 0 Å². The molecule has 0 saturated carbocycles. The van der Waals surface area contributed by atoms with Crippen molar-refractivity contribution in [2.24, 2.45) is 0 Å². The van der Waals surface area contributed by atoms with E-state index in [2.05, 4.69) is 9.36 Å². The molecule has 0 spiro atoms. The SMILES string of the molecule is Cc1nsc(SC(C)C(=O)c2ccc(Cl)s2)n1. The zero-order chi connectivity index (χ0) is 12.4. The predicted molar refractivity (Wildman–Crippen MR) is 73.6 cm³/mol. The minimum atomic E-state index is -0.169. The van der Waals surface area contributed by atoms with Gasteiger partial charge in [-0.25, -0.2) is 4.98 Å². The number of rotatable bonds is 4. The molecule has 1 atom stereocenters. The Morgan fingerprint density at radius 1 is 1.53 bits per heavy atom. The third-order valence-corrected chi connectivity index (χ3v) is 5.19. The maximum Gasteiger partial charge on any atom is 0.185 e. The number of hydrogen-bond donors (Lipinski definition) is 0. The summed E-state index contributed by atoms with van der Waals surface area (Å²) >= 11 is 9.88. The van der Waals surface area contributed by atoms with E-state index in [9.17, 15) is 4.79 Å². The lowest BCUT2D eigenvalue weighted by Gasteiger charge is -2.05. The summed E-state index contributed by atoms with van der Waals surface area (Å²) in [4.78, 5) is 17.0. The van der Waals surface area contributed by atoms with Gasteiger partial charge in [0.1, 0.15) is 5.82 Å². The molecule has 2 aromatic heterocycles. The van der Waals surface area contributed by atoms with Crippen molar-refractivity contribution in [3.05, 3.63) is 27.2 Å². The third-order valence-electron chi connectivity index (χ3n) is 1.97. The first kappa shape index (κ1) is 13.0. The average Bonchev–Trinajstić information content (AvgIpc) is 2.87. The molecule has 2 heterocycles. The Hall–Kier alpha value is -0.430. The van der Waals surface area contributed by atoms with E-state index >= 15 is 0 Å². The van der Waals surface area contributed by atoms with E-state index in [1.54, 1.807) is 12.1 Å². The molecular formula is C10H9ClN2OS3. The van der Waals surface area contributed by atoms with Crippen LogP contribution in [-0.2, 0) is 0 Å². The molecule has 0 aromatic carbocycles. The van der Waals surface area contributed by atoms with Crippen molar-refractivity contribution in [3.8, 4) is 0 Å². The number of carbonyl (C=O) groups is 1. The maximum absolute atomic E-state index is 12.1. The second-order valence-electron chi connectivity index (χ2n) is 3.34. The lowest BCUT2D eigenvalue weighted by molar-refractivity contribution is 0.0998. The van der Waals surface area contributed by atoms with Gasteiger partial charge in [-0.1, -0.05) is 23.4 Å². The molecule has 0 bridgehead atoms. The van der Waals surface area contributed by atoms with Gasteiger partial charge in [-0.3, -0.25) is 4.79 Å². The van der Waals surface area contributed by atoms with Crippen LogP contribution in [-0.4, -0.2) is 20.4 Å². The Balaban J connectivity index is 2.05. The quantitative estimate of drug-likeness (QED) is 0.634. The summed E-state index contributed by atoms with van der Waals surface area (Å²) < 4.78 is 5.55. The fraction of sp³-hybridized carbons (Fsp3) is 0.300. The van der Waals surface area contributed by atoms with Crippen molar-refractivity contribution in [2.75, 3.05) is 0 Å². The molecule has 0 aliphatic heterocycles. The Bertz CT molecular complexity index is 537. The summed E-state index contributed by atoms with van der Waals surface area (Å²) in [6.45, 7) is 3.71. The van der Waals surface area contributed by atoms with Gasteiger partial charge >= 0.3 is 0 Å². The van der Waals surface area contributed by atoms with Gasteiger partial charge in [0.05, 0.1) is 14.5 Å². The molecule has 0 saturated heterocycles. The molecule has 90 valence electrons. The Kier molecular flexibility index (Phi) is 4.19. The van der Waals surface area contributed by atoms with Gasteiger partial charge < -0.3 is 0 Å². The molecule has 2 aromatic rings. The van der Waals surface area contributed by atoms with E-state index in [0.29, 0.717) is 9.21 Å². The van der Waals surface area contributed by atoms with Gasteiger partial charge in [0.2, 0.25) is 0 Å². The molecule has 1 unspecified atom stereocenters. The first-order chi connectivity index (χ1) is 8.06. The molecule has 3 nitrogen and oxygen atoms in total. The lowest BCUT2D eigenvalue weighted by atomic mass is 10.2. The smallest absolute Gasteiger partial charge is 0.185 e. The number of nitrogens with zero attached hydrogens (tertiary/aromatic N) is 2. The number of carbonyl (C=O) groups excluding carboxylic acids is 1. The Labute approximate surface area is 116 Å². The fourth-order valence-electron chi connectivity index (χ4n) is 1.18. The minimum Gasteiger partial charge on any atom is -0.292 e. The van der Waals surface area contributed by atoms with Crippen LogP contribution in [0.2, 0.25) is 4.34 Å². The van der Waals surface area contributed by atoms with Crippen molar-refractivity contribution in [1.82, 2.24) is 9.36 Å². The average molecular weight is 305 g/mol. The number of thiophene rings is 1. The van der Waals surface area contributed by atoms with Gasteiger partial charge in [-0.05, 0) is 37.5 Å². The predicted octanol–water partition coefficient (Wildman–Crippen LogP) is 3.92. The number of halogens is 1. The normalized spacial score (nSPS) is 12.6. The highest BCUT2D eigenvalue weighted by Crippen LogP contribution is 2.30. The van der Waals surface area contributed by atoms with E-state index in [4.69, 9.17) is 11.6 Å². The van der Waals surface area contributed by atoms with Crippen molar-refractivity contribution in [2.45, 2.75) is 23.4 Å². The third kappa shape index (κ3) is 3.28. The van der Waals surface area contributed by atoms with Crippen LogP contribution in [0.3, 0.4) is 0 Å². The van der Waals surface area contributed by atoms with Gasteiger partial charge in [-0.2, -0.15) is 4.37 Å². The topological polar surface area (TPSA) is 42.9 Å². The van der Waals surface area contributed by atoms with Crippen LogP contribution in [0.15, 0.2) is 16.5 Å². The van der Waals surface area contributed by atoms with E-state index in [1.165, 1.54) is 34.6 Å². The first-order valence-electron chi connectivity index (χ1n) is 4.83. The molecule has 0 N–H and O–H groups in total. The highest BCUT2D eigenvalue weighted by atomic mass is 35.5. The summed E-state index contributed by atoms with van der Waals surface area (Å²) in [5.74, 6) is 0.830. The van der Waals surface area contributed by atoms with Crippen LogP contribution in [0, 0.1) is 6.92 Å². The van der Waals surface area contributed by atoms with Crippen LogP contribution in [0.4, 0.5) is 0 Å². The van der Waals surface area contributed by atoms with Crippen LogP contribution in [0.1, 0.15) is 22.4 Å². The van der Waals surface area contributed by atoms with Gasteiger partial charge in [0.25, 0.3) is 0 Å². The van der Waals surface area contributed by atoms with Gasteiger partial charge in [-0.15, -0.1) is 11.3 Å². The van der Waals surface area contributed by atoms with Crippen LogP contribution >= 0.6 is 46.2 Å².